The molecule has 1 aromatic heterocycles. The fourth-order valence-corrected chi connectivity index (χ4v) is 9.14. The van der Waals surface area contributed by atoms with Gasteiger partial charge >= 0.3 is 0 Å². The molecule has 1 unspecified atom stereocenters. The third-order valence-electron chi connectivity index (χ3n) is 12.6. The molecule has 8 rings (SSSR count). The van der Waals surface area contributed by atoms with Gasteiger partial charge in [-0.15, -0.1) is 0 Å². The normalized spacial score (nSPS) is 19.8. The van der Waals surface area contributed by atoms with Crippen LogP contribution in [0.25, 0.3) is 10.9 Å². The number of hydrogen-bond donors (Lipinski definition) is 3. The number of aliphatic hydroxyl groups is 1. The third kappa shape index (κ3) is 7.46. The second kappa shape index (κ2) is 15.4. The van der Waals surface area contributed by atoms with Gasteiger partial charge in [0.25, 0.3) is 5.56 Å². The van der Waals surface area contributed by atoms with Gasteiger partial charge in [-0.3, -0.25) is 24.5 Å². The first-order chi connectivity index (χ1) is 27.8. The first kappa shape index (κ1) is 38.9. The van der Waals surface area contributed by atoms with Crippen molar-refractivity contribution in [3.63, 3.8) is 0 Å². The minimum atomic E-state index is -1.20. The van der Waals surface area contributed by atoms with E-state index in [2.05, 4.69) is 45.7 Å². The largest absolute Gasteiger partial charge is 0.389 e. The molecule has 302 valence electrons. The van der Waals surface area contributed by atoms with Crippen molar-refractivity contribution in [2.75, 3.05) is 66.3 Å². The Hall–Kier alpha value is -5.94. The van der Waals surface area contributed by atoms with Crippen molar-refractivity contribution >= 4 is 57.1 Å². The number of piperidine rings is 3. The van der Waals surface area contributed by atoms with Crippen molar-refractivity contribution in [3.05, 3.63) is 87.5 Å². The summed E-state index contributed by atoms with van der Waals surface area (Å²) in [6, 6.07) is 18.4. The highest BCUT2D eigenvalue weighted by molar-refractivity contribution is 6.01. The number of halogens is 1. The summed E-state index contributed by atoms with van der Waals surface area (Å²) in [7, 11) is 3.86. The van der Waals surface area contributed by atoms with Crippen molar-refractivity contribution in [3.8, 4) is 6.07 Å². The van der Waals surface area contributed by atoms with Gasteiger partial charge < -0.3 is 34.6 Å². The van der Waals surface area contributed by atoms with Gasteiger partial charge in [-0.25, -0.2) is 4.39 Å². The average molecular weight is 789 g/mol. The lowest BCUT2D eigenvalue weighted by Crippen LogP contribution is -2.49. The van der Waals surface area contributed by atoms with Gasteiger partial charge in [-0.1, -0.05) is 0 Å². The first-order valence-corrected chi connectivity index (χ1v) is 20.1. The Labute approximate surface area is 336 Å². The van der Waals surface area contributed by atoms with Crippen molar-refractivity contribution in [1.82, 2.24) is 14.8 Å². The smallest absolute Gasteiger partial charge is 0.253 e. The van der Waals surface area contributed by atoms with Gasteiger partial charge in [0.2, 0.25) is 17.7 Å². The van der Waals surface area contributed by atoms with Crippen LogP contribution in [0.1, 0.15) is 67.6 Å². The fourth-order valence-electron chi connectivity index (χ4n) is 9.14. The number of pyridine rings is 1. The maximum Gasteiger partial charge on any atom is 0.253 e. The summed E-state index contributed by atoms with van der Waals surface area (Å²) >= 11 is 0. The van der Waals surface area contributed by atoms with Crippen LogP contribution in [0.4, 0.5) is 32.8 Å². The van der Waals surface area contributed by atoms with Gasteiger partial charge in [-0.05, 0) is 105 Å². The Bertz CT molecular complexity index is 2410. The van der Waals surface area contributed by atoms with Gasteiger partial charge in [0.05, 0.1) is 51.9 Å². The lowest BCUT2D eigenvalue weighted by atomic mass is 9.85. The van der Waals surface area contributed by atoms with E-state index in [0.29, 0.717) is 74.5 Å². The van der Waals surface area contributed by atoms with Crippen LogP contribution in [-0.4, -0.2) is 90.3 Å². The molecule has 4 aliphatic rings. The molecule has 4 aromatic rings. The van der Waals surface area contributed by atoms with Crippen LogP contribution in [0.5, 0.6) is 0 Å². The molecule has 3 aromatic carbocycles. The summed E-state index contributed by atoms with van der Waals surface area (Å²) < 4.78 is 17.0. The summed E-state index contributed by atoms with van der Waals surface area (Å²) in [5.41, 5.74) is 5.73. The summed E-state index contributed by atoms with van der Waals surface area (Å²) in [4.78, 5) is 58.6. The monoisotopic (exact) mass is 788 g/mol. The molecule has 13 nitrogen and oxygen atoms in total. The molecule has 0 aliphatic carbocycles. The van der Waals surface area contributed by atoms with E-state index in [9.17, 15) is 29.5 Å². The molecule has 0 radical (unpaired) electrons. The molecular weight excluding hydrogens is 740 g/mol. The number of hydrogen-bond acceptors (Lipinski definition) is 10. The number of carbonyl (C=O) groups excluding carboxylic acids is 3. The van der Waals surface area contributed by atoms with Gasteiger partial charge in [0, 0.05) is 76.4 Å². The number of nitriles is 1. The number of imide groups is 1. The number of benzene rings is 3. The van der Waals surface area contributed by atoms with E-state index in [1.54, 1.807) is 16.7 Å². The zero-order valence-electron chi connectivity index (χ0n) is 33.2. The lowest BCUT2D eigenvalue weighted by Gasteiger charge is -2.41. The zero-order chi connectivity index (χ0) is 40.9. The zero-order valence-corrected chi connectivity index (χ0v) is 33.2. The van der Waals surface area contributed by atoms with Gasteiger partial charge in [0.15, 0.2) is 0 Å². The molecule has 3 amide bonds. The predicted octanol–water partition coefficient (Wildman–Crippen LogP) is 4.79. The molecule has 3 saturated heterocycles. The Morgan fingerprint density at radius 1 is 0.914 bits per heavy atom. The average Bonchev–Trinajstić information content (AvgIpc) is 3.21. The molecule has 3 fully saturated rings. The molecule has 0 saturated carbocycles. The van der Waals surface area contributed by atoms with E-state index in [-0.39, 0.29) is 36.1 Å². The van der Waals surface area contributed by atoms with Crippen LogP contribution in [0.3, 0.4) is 0 Å². The number of aromatic nitrogens is 1. The highest BCUT2D eigenvalue weighted by Gasteiger charge is 2.38. The molecule has 0 spiro atoms. The van der Waals surface area contributed by atoms with Crippen molar-refractivity contribution < 1.29 is 23.9 Å². The predicted molar refractivity (Wildman–Crippen MR) is 221 cm³/mol. The maximum atomic E-state index is 15.3. The fraction of sp³-hybridized carbons (Fsp3) is 0.432. The third-order valence-corrected chi connectivity index (χ3v) is 12.6. The van der Waals surface area contributed by atoms with E-state index in [4.69, 9.17) is 0 Å². The van der Waals surface area contributed by atoms with E-state index in [1.165, 1.54) is 6.07 Å². The lowest BCUT2D eigenvalue weighted by molar-refractivity contribution is -0.138. The number of fused-ring (bicyclic) bond motifs is 2. The van der Waals surface area contributed by atoms with Crippen molar-refractivity contribution in [2.24, 2.45) is 7.05 Å². The topological polar surface area (TPSA) is 154 Å². The van der Waals surface area contributed by atoms with Crippen molar-refractivity contribution in [2.45, 2.75) is 69.4 Å². The Kier molecular flexibility index (Phi) is 10.4. The van der Waals surface area contributed by atoms with Gasteiger partial charge in [0.1, 0.15) is 11.9 Å². The second-order valence-electron chi connectivity index (χ2n) is 16.4. The quantitative estimate of drug-likeness (QED) is 0.223. The number of carbonyl (C=O) groups is 3. The molecule has 5 heterocycles. The maximum absolute atomic E-state index is 15.3. The van der Waals surface area contributed by atoms with E-state index < -0.39 is 23.4 Å². The van der Waals surface area contributed by atoms with E-state index in [0.717, 1.165) is 52.9 Å². The highest BCUT2D eigenvalue weighted by atomic mass is 19.1. The second-order valence-corrected chi connectivity index (χ2v) is 16.4. The number of nitrogens with zero attached hydrogens (tertiary/aromatic N) is 6. The summed E-state index contributed by atoms with van der Waals surface area (Å²) in [6.45, 7) is 5.17. The molecule has 14 heteroatoms. The summed E-state index contributed by atoms with van der Waals surface area (Å²) in [5, 5.41) is 27.6. The summed E-state index contributed by atoms with van der Waals surface area (Å²) in [6.07, 6.45) is 2.64. The minimum Gasteiger partial charge on any atom is -0.389 e. The van der Waals surface area contributed by atoms with Crippen LogP contribution < -0.4 is 30.9 Å². The Morgan fingerprint density at radius 3 is 2.36 bits per heavy atom. The Balaban J connectivity index is 0.928. The number of aryl methyl sites for hydroxylation is 2. The molecule has 4 aliphatic heterocycles. The highest BCUT2D eigenvalue weighted by Crippen LogP contribution is 2.43. The van der Waals surface area contributed by atoms with Crippen LogP contribution in [0, 0.1) is 24.1 Å². The molecule has 3 N–H and O–H groups in total. The number of nitrogens with one attached hydrogen (secondary N) is 2. The van der Waals surface area contributed by atoms with Gasteiger partial charge in [-0.2, -0.15) is 5.26 Å². The first-order valence-electron chi connectivity index (χ1n) is 20.1. The van der Waals surface area contributed by atoms with E-state index in [1.807, 2.05) is 48.0 Å². The van der Waals surface area contributed by atoms with Crippen LogP contribution in [-0.2, 0) is 21.4 Å². The standard InChI is InChI=1S/C44H49FN8O5/c1-27-20-32-37(50(3)43(27)57)22-30(23-38(32)53-19-18-49(2)36-7-4-28(26-46)21-39(36)53)29-10-14-52(15-11-29)41(55)25-44(58)12-16-51(17-13-44)35-8-5-31(24-33(35)45)47-34-6-9-40(54)48-42(34)56/h4-5,7-8,20-24,29,34,47,58H,6,9-19,25H2,1-3H3,(H,48,54,56). The Morgan fingerprint density at radius 2 is 1.66 bits per heavy atom. The SMILES string of the molecule is Cc1cc2c(N3CCN(C)c4ccc(C#N)cc43)cc(C3CCN(C(=O)CC4(O)CCN(c5ccc(NC6CCC(=O)NC6=O)cc5F)CC4)CC3)cc2n(C)c1=O. The molecule has 1 atom stereocenters. The summed E-state index contributed by atoms with van der Waals surface area (Å²) in [5.74, 6) is -1.15. The minimum absolute atomic E-state index is 0.00210. The van der Waals surface area contributed by atoms with E-state index >= 15 is 4.39 Å². The molecule has 58 heavy (non-hydrogen) atoms. The molecular formula is C44H49FN8O5. The number of likely N-dealkylation sites (N-methyl/N-ethyl adjacent to an activating group) is 1. The molecule has 0 bridgehead atoms. The van der Waals surface area contributed by atoms with Crippen LogP contribution in [0.2, 0.25) is 0 Å². The number of anilines is 5. The van der Waals surface area contributed by atoms with Crippen molar-refractivity contribution in [1.29, 1.82) is 5.26 Å². The number of likely N-dealkylation sites (tertiary alicyclic amines) is 1. The van der Waals surface area contributed by atoms with Crippen LogP contribution in [0.15, 0.2) is 59.4 Å². The number of amides is 3. The van der Waals surface area contributed by atoms with Crippen LogP contribution >= 0.6 is 0 Å². The number of rotatable bonds is 7.